The minimum atomic E-state index is -3.82. The van der Waals surface area contributed by atoms with Gasteiger partial charge in [0.2, 0.25) is 10.0 Å². The quantitative estimate of drug-likeness (QED) is 0.439. The van der Waals surface area contributed by atoms with Gasteiger partial charge in [0.1, 0.15) is 24.1 Å². The van der Waals surface area contributed by atoms with E-state index in [1.165, 1.54) is 6.07 Å². The molecule has 2 aromatic carbocycles. The molecule has 0 spiro atoms. The van der Waals surface area contributed by atoms with Gasteiger partial charge in [0.15, 0.2) is 0 Å². The van der Waals surface area contributed by atoms with Gasteiger partial charge in [0.05, 0.1) is 17.5 Å². The third-order valence-corrected chi connectivity index (χ3v) is 6.36. The van der Waals surface area contributed by atoms with Crippen molar-refractivity contribution in [2.75, 3.05) is 13.7 Å². The van der Waals surface area contributed by atoms with Crippen molar-refractivity contribution in [3.8, 4) is 5.75 Å². The Bertz CT molecular complexity index is 1210. The van der Waals surface area contributed by atoms with Crippen molar-refractivity contribution in [3.63, 3.8) is 0 Å². The van der Waals surface area contributed by atoms with Crippen LogP contribution in [-0.4, -0.2) is 33.0 Å². The molecule has 1 N–H and O–H groups in total. The van der Waals surface area contributed by atoms with E-state index in [0.29, 0.717) is 16.8 Å². The molecular formula is C21H21ClN2O5S. The van der Waals surface area contributed by atoms with Crippen molar-refractivity contribution in [1.82, 2.24) is 9.71 Å². The Kier molecular flexibility index (Phi) is 6.60. The van der Waals surface area contributed by atoms with Crippen LogP contribution in [0.15, 0.2) is 47.4 Å². The lowest BCUT2D eigenvalue weighted by molar-refractivity contribution is -0.143. The minimum Gasteiger partial charge on any atom is -0.497 e. The molecule has 0 aliphatic rings. The highest BCUT2D eigenvalue weighted by Gasteiger charge is 2.17. The number of benzene rings is 2. The number of aryl methyl sites for hydroxylation is 2. The fraction of sp³-hybridized carbons (Fsp3) is 0.238. The zero-order chi connectivity index (χ0) is 21.9. The first kappa shape index (κ1) is 22.0. The first-order valence-electron chi connectivity index (χ1n) is 9.05. The van der Waals surface area contributed by atoms with Crippen LogP contribution in [0.4, 0.5) is 0 Å². The predicted octanol–water partition coefficient (Wildman–Crippen LogP) is 3.54. The molecule has 0 aliphatic heterocycles. The number of esters is 1. The molecule has 3 rings (SSSR count). The standard InChI is InChI=1S/C21H21ClN2O5S/c1-13-4-7-18(8-14(13)2)30(26,27)23-11-20(25)29-12-16-9-15-5-6-17(28-3)10-19(15)24-21(16)22/h4-10,23H,11-12H2,1-3H3. The Hall–Kier alpha value is -2.68. The SMILES string of the molecule is COc1ccc2cc(COC(=O)CNS(=O)(=O)c3ccc(C)c(C)c3)c(Cl)nc2c1. The van der Waals surface area contributed by atoms with Gasteiger partial charge in [-0.25, -0.2) is 13.4 Å². The van der Waals surface area contributed by atoms with E-state index >= 15 is 0 Å². The number of nitrogens with one attached hydrogen (secondary N) is 1. The number of ether oxygens (including phenoxy) is 2. The third kappa shape index (κ3) is 5.08. The number of pyridine rings is 1. The summed E-state index contributed by atoms with van der Waals surface area (Å²) in [6.45, 7) is 3.09. The van der Waals surface area contributed by atoms with Crippen LogP contribution in [0, 0.1) is 13.8 Å². The lowest BCUT2D eigenvalue weighted by Gasteiger charge is -2.10. The van der Waals surface area contributed by atoms with Crippen molar-refractivity contribution in [2.24, 2.45) is 0 Å². The molecule has 1 aromatic heterocycles. The molecule has 0 fully saturated rings. The highest BCUT2D eigenvalue weighted by atomic mass is 35.5. The Morgan fingerprint density at radius 3 is 2.57 bits per heavy atom. The summed E-state index contributed by atoms with van der Waals surface area (Å²) >= 11 is 6.18. The molecule has 0 saturated heterocycles. The van der Waals surface area contributed by atoms with Gasteiger partial charge in [0, 0.05) is 17.0 Å². The van der Waals surface area contributed by atoms with E-state index in [1.807, 2.05) is 19.9 Å². The van der Waals surface area contributed by atoms with Crippen LogP contribution in [0.25, 0.3) is 10.9 Å². The molecule has 1 heterocycles. The summed E-state index contributed by atoms with van der Waals surface area (Å²) in [6.07, 6.45) is 0. The van der Waals surface area contributed by atoms with Crippen LogP contribution in [-0.2, 0) is 26.2 Å². The third-order valence-electron chi connectivity index (χ3n) is 4.63. The minimum absolute atomic E-state index is 0.0931. The molecule has 0 bridgehead atoms. The number of carbonyl (C=O) groups is 1. The van der Waals surface area contributed by atoms with Gasteiger partial charge in [-0.2, -0.15) is 4.72 Å². The Morgan fingerprint density at radius 2 is 1.87 bits per heavy atom. The number of hydrogen-bond acceptors (Lipinski definition) is 6. The van der Waals surface area contributed by atoms with E-state index in [1.54, 1.807) is 37.4 Å². The molecule has 30 heavy (non-hydrogen) atoms. The van der Waals surface area contributed by atoms with Crippen LogP contribution >= 0.6 is 11.6 Å². The van der Waals surface area contributed by atoms with Crippen molar-refractivity contribution in [2.45, 2.75) is 25.3 Å². The first-order chi connectivity index (χ1) is 14.2. The predicted molar refractivity (Wildman–Crippen MR) is 114 cm³/mol. The summed E-state index contributed by atoms with van der Waals surface area (Å²) in [4.78, 5) is 16.4. The van der Waals surface area contributed by atoms with Crippen LogP contribution in [0.3, 0.4) is 0 Å². The second-order valence-electron chi connectivity index (χ2n) is 6.73. The van der Waals surface area contributed by atoms with Crippen molar-refractivity contribution in [1.29, 1.82) is 0 Å². The van der Waals surface area contributed by atoms with Crippen LogP contribution in [0.2, 0.25) is 5.15 Å². The fourth-order valence-corrected chi connectivity index (χ4v) is 3.98. The topological polar surface area (TPSA) is 94.6 Å². The lowest BCUT2D eigenvalue weighted by Crippen LogP contribution is -2.30. The lowest BCUT2D eigenvalue weighted by atomic mass is 10.1. The maximum atomic E-state index is 12.4. The molecule has 0 saturated carbocycles. The summed E-state index contributed by atoms with van der Waals surface area (Å²) in [5.41, 5.74) is 2.99. The van der Waals surface area contributed by atoms with Gasteiger partial charge in [-0.1, -0.05) is 17.7 Å². The number of sulfonamides is 1. The maximum Gasteiger partial charge on any atom is 0.321 e. The first-order valence-corrected chi connectivity index (χ1v) is 10.9. The molecule has 0 amide bonds. The number of aromatic nitrogens is 1. The summed E-state index contributed by atoms with van der Waals surface area (Å²) in [6, 6.07) is 11.9. The summed E-state index contributed by atoms with van der Waals surface area (Å²) < 4.78 is 37.3. The highest BCUT2D eigenvalue weighted by molar-refractivity contribution is 7.89. The van der Waals surface area contributed by atoms with Crippen LogP contribution in [0.5, 0.6) is 5.75 Å². The fourth-order valence-electron chi connectivity index (χ4n) is 2.72. The van der Waals surface area contributed by atoms with Gasteiger partial charge >= 0.3 is 5.97 Å². The van der Waals surface area contributed by atoms with Crippen molar-refractivity contribution >= 4 is 38.5 Å². The molecule has 0 aliphatic carbocycles. The summed E-state index contributed by atoms with van der Waals surface area (Å²) in [7, 11) is -2.26. The molecule has 0 unspecified atom stereocenters. The van der Waals surface area contributed by atoms with E-state index in [0.717, 1.165) is 16.5 Å². The van der Waals surface area contributed by atoms with E-state index in [2.05, 4.69) is 9.71 Å². The molecule has 7 nitrogen and oxygen atoms in total. The molecule has 3 aromatic rings. The van der Waals surface area contributed by atoms with Gasteiger partial charge in [-0.3, -0.25) is 4.79 Å². The molecule has 158 valence electrons. The van der Waals surface area contributed by atoms with Gasteiger partial charge in [0.25, 0.3) is 0 Å². The van der Waals surface area contributed by atoms with E-state index in [9.17, 15) is 13.2 Å². The maximum absolute atomic E-state index is 12.4. The van der Waals surface area contributed by atoms with Crippen molar-refractivity contribution in [3.05, 3.63) is 64.3 Å². The summed E-state index contributed by atoms with van der Waals surface area (Å²) in [5, 5.41) is 1.00. The molecule has 0 radical (unpaired) electrons. The van der Waals surface area contributed by atoms with E-state index in [4.69, 9.17) is 21.1 Å². The normalized spacial score (nSPS) is 11.5. The smallest absolute Gasteiger partial charge is 0.321 e. The largest absolute Gasteiger partial charge is 0.497 e. The number of fused-ring (bicyclic) bond motifs is 1. The van der Waals surface area contributed by atoms with Gasteiger partial charge in [-0.15, -0.1) is 0 Å². The number of hydrogen-bond donors (Lipinski definition) is 1. The van der Waals surface area contributed by atoms with Gasteiger partial charge < -0.3 is 9.47 Å². The second kappa shape index (κ2) is 8.99. The molecule has 0 atom stereocenters. The Balaban J connectivity index is 1.63. The van der Waals surface area contributed by atoms with Gasteiger partial charge in [-0.05, 0) is 55.3 Å². The zero-order valence-corrected chi connectivity index (χ0v) is 18.3. The number of carbonyl (C=O) groups excluding carboxylic acids is 1. The summed E-state index contributed by atoms with van der Waals surface area (Å²) in [5.74, 6) is -0.0744. The molecule has 9 heteroatoms. The number of methoxy groups -OCH3 is 1. The monoisotopic (exact) mass is 448 g/mol. The zero-order valence-electron chi connectivity index (χ0n) is 16.7. The number of rotatable bonds is 7. The van der Waals surface area contributed by atoms with E-state index in [-0.39, 0.29) is 16.7 Å². The Morgan fingerprint density at radius 1 is 1.10 bits per heavy atom. The van der Waals surface area contributed by atoms with Crippen molar-refractivity contribution < 1.29 is 22.7 Å². The average molecular weight is 449 g/mol. The number of nitrogens with zero attached hydrogens (tertiary/aromatic N) is 1. The Labute approximate surface area is 180 Å². The van der Waals surface area contributed by atoms with Crippen LogP contribution in [0.1, 0.15) is 16.7 Å². The van der Waals surface area contributed by atoms with Crippen LogP contribution < -0.4 is 9.46 Å². The highest BCUT2D eigenvalue weighted by Crippen LogP contribution is 2.24. The molecular weight excluding hydrogens is 428 g/mol. The average Bonchev–Trinajstić information content (AvgIpc) is 2.72. The van der Waals surface area contributed by atoms with E-state index < -0.39 is 22.5 Å². The second-order valence-corrected chi connectivity index (χ2v) is 8.85. The number of halogens is 1.